The minimum absolute atomic E-state index is 0.339. The summed E-state index contributed by atoms with van der Waals surface area (Å²) in [4.78, 5) is 34.9. The summed E-state index contributed by atoms with van der Waals surface area (Å²) in [5.74, 6) is -1.96. The van der Waals surface area contributed by atoms with Crippen LogP contribution in [-0.2, 0) is 9.59 Å². The second kappa shape index (κ2) is 5.67. The molecule has 1 saturated heterocycles. The van der Waals surface area contributed by atoms with Gasteiger partial charge in [0.05, 0.1) is 6.10 Å². The smallest absolute Gasteiger partial charge is 0.328 e. The van der Waals surface area contributed by atoms with E-state index in [1.807, 2.05) is 0 Å². The van der Waals surface area contributed by atoms with E-state index in [1.54, 1.807) is 0 Å². The first kappa shape index (κ1) is 14.2. The number of nitrogens with two attached hydrogens (primary N) is 1. The van der Waals surface area contributed by atoms with Gasteiger partial charge in [0, 0.05) is 6.54 Å². The van der Waals surface area contributed by atoms with Gasteiger partial charge in [0.15, 0.2) is 6.04 Å². The van der Waals surface area contributed by atoms with Gasteiger partial charge in [-0.3, -0.25) is 4.79 Å². The topological polar surface area (TPSA) is 133 Å². The van der Waals surface area contributed by atoms with Gasteiger partial charge in [-0.25, -0.2) is 9.59 Å². The molecule has 18 heavy (non-hydrogen) atoms. The molecule has 1 rings (SSSR count). The normalized spacial score (nSPS) is 22.3. The highest BCUT2D eigenvalue weighted by molar-refractivity contribution is 5.88. The maximum atomic E-state index is 11.8. The molecule has 1 aliphatic heterocycles. The van der Waals surface area contributed by atoms with Crippen LogP contribution in [0.15, 0.2) is 0 Å². The number of carboxylic acid groups (broad SMARTS) is 1. The van der Waals surface area contributed by atoms with Gasteiger partial charge in [0.25, 0.3) is 0 Å². The number of rotatable bonds is 4. The van der Waals surface area contributed by atoms with Gasteiger partial charge in [0.2, 0.25) is 5.91 Å². The number of hydrogen-bond donors (Lipinski definition) is 4. The number of carbonyl (C=O) groups excluding carboxylic acids is 2. The number of aliphatic carboxylic acids is 1. The predicted molar refractivity (Wildman–Crippen MR) is 60.6 cm³/mol. The Labute approximate surface area is 104 Å². The first-order chi connectivity index (χ1) is 8.34. The number of nitrogens with one attached hydrogen (secondary N) is 1. The fourth-order valence-corrected chi connectivity index (χ4v) is 1.91. The Bertz CT molecular complexity index is 357. The van der Waals surface area contributed by atoms with E-state index in [0.29, 0.717) is 19.4 Å². The number of likely N-dealkylation sites (tertiary alicyclic amines) is 1. The van der Waals surface area contributed by atoms with Crippen molar-refractivity contribution >= 4 is 17.9 Å². The van der Waals surface area contributed by atoms with Crippen LogP contribution in [0.25, 0.3) is 0 Å². The van der Waals surface area contributed by atoms with Crippen LogP contribution in [0, 0.1) is 0 Å². The Hall–Kier alpha value is -1.83. The van der Waals surface area contributed by atoms with Crippen molar-refractivity contribution in [2.75, 3.05) is 6.54 Å². The van der Waals surface area contributed by atoms with Crippen LogP contribution in [-0.4, -0.2) is 57.8 Å². The lowest BCUT2D eigenvalue weighted by Crippen LogP contribution is -2.55. The van der Waals surface area contributed by atoms with Gasteiger partial charge in [-0.2, -0.15) is 0 Å². The lowest BCUT2D eigenvalue weighted by atomic mass is 10.2. The molecule has 1 aliphatic rings. The van der Waals surface area contributed by atoms with Crippen molar-refractivity contribution in [1.29, 1.82) is 0 Å². The monoisotopic (exact) mass is 259 g/mol. The van der Waals surface area contributed by atoms with E-state index >= 15 is 0 Å². The number of nitrogens with zero attached hydrogens (tertiary/aromatic N) is 1. The summed E-state index contributed by atoms with van der Waals surface area (Å²) >= 11 is 0. The van der Waals surface area contributed by atoms with Crippen LogP contribution in [0.2, 0.25) is 0 Å². The predicted octanol–water partition coefficient (Wildman–Crippen LogP) is -1.52. The maximum Gasteiger partial charge on any atom is 0.328 e. The van der Waals surface area contributed by atoms with Gasteiger partial charge >= 0.3 is 12.0 Å². The molecule has 3 atom stereocenters. The van der Waals surface area contributed by atoms with Gasteiger partial charge in [0.1, 0.15) is 6.04 Å². The molecule has 1 fully saturated rings. The van der Waals surface area contributed by atoms with Crippen molar-refractivity contribution in [3.8, 4) is 0 Å². The largest absolute Gasteiger partial charge is 0.480 e. The van der Waals surface area contributed by atoms with Crippen LogP contribution >= 0.6 is 0 Å². The Kier molecular flexibility index (Phi) is 4.49. The number of hydrogen-bond acceptors (Lipinski definition) is 4. The molecule has 0 saturated carbocycles. The Morgan fingerprint density at radius 2 is 2.06 bits per heavy atom. The standard InChI is InChI=1S/C10H17N3O5/c1-5(14)7(9(16)17)12-10(18)13-4-2-3-6(13)8(11)15/h5-7,14H,2-4H2,1H3,(H2,11,15)(H,12,18)(H,16,17)/t5-,6?,7+/m1/s1. The summed E-state index contributed by atoms with van der Waals surface area (Å²) in [5, 5.41) is 20.2. The fraction of sp³-hybridized carbons (Fsp3) is 0.700. The SMILES string of the molecule is C[C@@H](O)[C@H](NC(=O)N1CCCC1C(N)=O)C(=O)O. The second-order valence-electron chi connectivity index (χ2n) is 4.26. The van der Waals surface area contributed by atoms with Gasteiger partial charge in [-0.1, -0.05) is 0 Å². The van der Waals surface area contributed by atoms with Crippen LogP contribution < -0.4 is 11.1 Å². The molecular formula is C10H17N3O5. The zero-order valence-electron chi connectivity index (χ0n) is 10.00. The third-order valence-electron chi connectivity index (χ3n) is 2.87. The van der Waals surface area contributed by atoms with Gasteiger partial charge < -0.3 is 26.2 Å². The lowest BCUT2D eigenvalue weighted by Gasteiger charge is -2.25. The van der Waals surface area contributed by atoms with Crippen molar-refractivity contribution in [3.05, 3.63) is 0 Å². The van der Waals surface area contributed by atoms with Crippen molar-refractivity contribution in [1.82, 2.24) is 10.2 Å². The lowest BCUT2D eigenvalue weighted by molar-refractivity contribution is -0.141. The van der Waals surface area contributed by atoms with Crippen LogP contribution in [0.3, 0.4) is 0 Å². The highest BCUT2D eigenvalue weighted by Crippen LogP contribution is 2.16. The quantitative estimate of drug-likeness (QED) is 0.486. The summed E-state index contributed by atoms with van der Waals surface area (Å²) in [6.45, 7) is 1.60. The minimum Gasteiger partial charge on any atom is -0.480 e. The molecule has 102 valence electrons. The molecular weight excluding hydrogens is 242 g/mol. The van der Waals surface area contributed by atoms with Crippen LogP contribution in [0.1, 0.15) is 19.8 Å². The first-order valence-corrected chi connectivity index (χ1v) is 5.62. The van der Waals surface area contributed by atoms with Crippen molar-refractivity contribution in [2.24, 2.45) is 5.73 Å². The number of carbonyl (C=O) groups is 3. The summed E-state index contributed by atoms with van der Waals surface area (Å²) in [5.41, 5.74) is 5.15. The fourth-order valence-electron chi connectivity index (χ4n) is 1.91. The molecule has 0 spiro atoms. The molecule has 1 heterocycles. The van der Waals surface area contributed by atoms with E-state index in [4.69, 9.17) is 10.8 Å². The number of carboxylic acids is 1. The number of aliphatic hydroxyl groups is 1. The van der Waals surface area contributed by atoms with E-state index in [1.165, 1.54) is 11.8 Å². The van der Waals surface area contributed by atoms with E-state index < -0.39 is 36.1 Å². The van der Waals surface area contributed by atoms with Crippen molar-refractivity contribution < 1.29 is 24.6 Å². The third-order valence-corrected chi connectivity index (χ3v) is 2.87. The average molecular weight is 259 g/mol. The second-order valence-corrected chi connectivity index (χ2v) is 4.26. The molecule has 8 nitrogen and oxygen atoms in total. The summed E-state index contributed by atoms with van der Waals surface area (Å²) in [6, 6.07) is -2.83. The summed E-state index contributed by atoms with van der Waals surface area (Å²) in [7, 11) is 0. The van der Waals surface area contributed by atoms with E-state index in [0.717, 1.165) is 0 Å². The highest BCUT2D eigenvalue weighted by Gasteiger charge is 2.35. The summed E-state index contributed by atoms with van der Waals surface area (Å²) < 4.78 is 0. The Morgan fingerprint density at radius 3 is 2.50 bits per heavy atom. The van der Waals surface area contributed by atoms with Gasteiger partial charge in [-0.05, 0) is 19.8 Å². The minimum atomic E-state index is -1.41. The van der Waals surface area contributed by atoms with E-state index in [-0.39, 0.29) is 0 Å². The molecule has 0 bridgehead atoms. The molecule has 0 aromatic rings. The Morgan fingerprint density at radius 1 is 1.44 bits per heavy atom. The maximum absolute atomic E-state index is 11.8. The number of primary amides is 1. The highest BCUT2D eigenvalue weighted by atomic mass is 16.4. The third kappa shape index (κ3) is 3.10. The molecule has 8 heteroatoms. The van der Waals surface area contributed by atoms with Crippen LogP contribution in [0.5, 0.6) is 0 Å². The number of amides is 3. The zero-order valence-corrected chi connectivity index (χ0v) is 10.00. The van der Waals surface area contributed by atoms with Crippen LogP contribution in [0.4, 0.5) is 4.79 Å². The molecule has 3 amide bonds. The molecule has 5 N–H and O–H groups in total. The molecule has 0 aromatic carbocycles. The van der Waals surface area contributed by atoms with Gasteiger partial charge in [-0.15, -0.1) is 0 Å². The Balaban J connectivity index is 2.69. The van der Waals surface area contributed by atoms with Crippen molar-refractivity contribution in [2.45, 2.75) is 38.0 Å². The molecule has 0 radical (unpaired) electrons. The average Bonchev–Trinajstić information content (AvgIpc) is 2.73. The first-order valence-electron chi connectivity index (χ1n) is 5.62. The van der Waals surface area contributed by atoms with E-state index in [9.17, 15) is 19.5 Å². The molecule has 1 unspecified atom stereocenters. The van der Waals surface area contributed by atoms with E-state index in [2.05, 4.69) is 5.32 Å². The number of urea groups is 1. The summed E-state index contributed by atoms with van der Waals surface area (Å²) in [6.07, 6.45) is -0.135. The van der Waals surface area contributed by atoms with Crippen molar-refractivity contribution in [3.63, 3.8) is 0 Å². The zero-order chi connectivity index (χ0) is 13.9. The molecule has 0 aliphatic carbocycles. The number of aliphatic hydroxyl groups excluding tert-OH is 1. The molecule has 0 aromatic heterocycles.